The topological polar surface area (TPSA) is 80.4 Å². The number of nitrogens with zero attached hydrogens (tertiary/aromatic N) is 6. The third kappa shape index (κ3) is 5.05. The van der Waals surface area contributed by atoms with Gasteiger partial charge in [-0.3, -0.25) is 4.99 Å². The first kappa shape index (κ1) is 19.9. The van der Waals surface area contributed by atoms with Crippen LogP contribution in [0.2, 0.25) is 0 Å². The van der Waals surface area contributed by atoms with Gasteiger partial charge in [0, 0.05) is 52.2 Å². The quantitative estimate of drug-likeness (QED) is 0.426. The van der Waals surface area contributed by atoms with E-state index in [-0.39, 0.29) is 24.0 Å². The molecule has 1 saturated heterocycles. The van der Waals surface area contributed by atoms with E-state index in [0.29, 0.717) is 12.1 Å². The molecule has 26 heavy (non-hydrogen) atoms. The molecule has 3 rings (SSSR count). The van der Waals surface area contributed by atoms with Crippen molar-refractivity contribution in [2.75, 3.05) is 38.1 Å². The number of benzene rings is 1. The van der Waals surface area contributed by atoms with Crippen molar-refractivity contribution in [1.82, 2.24) is 20.2 Å². The molecular formula is C18H22IN7. The van der Waals surface area contributed by atoms with Crippen LogP contribution in [0, 0.1) is 11.3 Å². The van der Waals surface area contributed by atoms with Crippen molar-refractivity contribution in [2.45, 2.75) is 6.54 Å². The lowest BCUT2D eigenvalue weighted by Gasteiger charge is -2.36. The number of piperazine rings is 1. The molecule has 0 amide bonds. The number of halogens is 1. The van der Waals surface area contributed by atoms with Crippen molar-refractivity contribution in [3.05, 3.63) is 53.9 Å². The van der Waals surface area contributed by atoms with E-state index in [2.05, 4.69) is 36.1 Å². The molecular weight excluding hydrogens is 441 g/mol. The summed E-state index contributed by atoms with van der Waals surface area (Å²) in [4.78, 5) is 17.4. The van der Waals surface area contributed by atoms with Crippen LogP contribution < -0.4 is 10.2 Å². The standard InChI is InChI=1S/C18H21N7.HI/c1-20-17(23-14-16-5-2-4-15(12-16)13-19)24-8-10-25(11-9-24)18-21-6-3-7-22-18;/h2-7,12H,8-11,14H2,1H3,(H,20,23);1H. The molecule has 136 valence electrons. The van der Waals surface area contributed by atoms with Crippen LogP contribution in [-0.2, 0) is 6.54 Å². The Labute approximate surface area is 170 Å². The van der Waals surface area contributed by atoms with Gasteiger partial charge in [-0.25, -0.2) is 9.97 Å². The number of aliphatic imine (C=N–C) groups is 1. The Morgan fingerprint density at radius 2 is 1.92 bits per heavy atom. The molecule has 0 unspecified atom stereocenters. The second kappa shape index (κ2) is 9.91. The van der Waals surface area contributed by atoms with E-state index in [1.807, 2.05) is 30.3 Å². The van der Waals surface area contributed by atoms with E-state index in [1.165, 1.54) is 0 Å². The summed E-state index contributed by atoms with van der Waals surface area (Å²) in [7, 11) is 1.79. The van der Waals surface area contributed by atoms with Gasteiger partial charge in [0.05, 0.1) is 11.6 Å². The first-order valence-electron chi connectivity index (χ1n) is 8.27. The summed E-state index contributed by atoms with van der Waals surface area (Å²) in [6, 6.07) is 11.6. The highest BCUT2D eigenvalue weighted by Gasteiger charge is 2.20. The summed E-state index contributed by atoms with van der Waals surface area (Å²) >= 11 is 0. The predicted octanol–water partition coefficient (Wildman–Crippen LogP) is 1.86. The zero-order chi connectivity index (χ0) is 17.5. The van der Waals surface area contributed by atoms with Gasteiger partial charge in [0.15, 0.2) is 5.96 Å². The number of rotatable bonds is 3. The Bertz CT molecular complexity index is 765. The van der Waals surface area contributed by atoms with Crippen molar-refractivity contribution in [1.29, 1.82) is 5.26 Å². The Hall–Kier alpha value is -2.41. The predicted molar refractivity (Wildman–Crippen MR) is 113 cm³/mol. The largest absolute Gasteiger partial charge is 0.352 e. The van der Waals surface area contributed by atoms with Crippen LogP contribution in [0.15, 0.2) is 47.7 Å². The Morgan fingerprint density at radius 1 is 1.19 bits per heavy atom. The number of nitrogens with one attached hydrogen (secondary N) is 1. The maximum atomic E-state index is 8.99. The summed E-state index contributed by atoms with van der Waals surface area (Å²) in [6.45, 7) is 4.07. The van der Waals surface area contributed by atoms with Gasteiger partial charge in [-0.15, -0.1) is 24.0 Å². The van der Waals surface area contributed by atoms with E-state index >= 15 is 0 Å². The molecule has 0 saturated carbocycles. The molecule has 7 nitrogen and oxygen atoms in total. The fraction of sp³-hybridized carbons (Fsp3) is 0.333. The average molecular weight is 463 g/mol. The van der Waals surface area contributed by atoms with Gasteiger partial charge in [0.25, 0.3) is 0 Å². The van der Waals surface area contributed by atoms with E-state index in [0.717, 1.165) is 43.7 Å². The minimum Gasteiger partial charge on any atom is -0.352 e. The molecule has 1 aromatic carbocycles. The number of anilines is 1. The fourth-order valence-corrected chi connectivity index (χ4v) is 2.84. The molecule has 1 aliphatic heterocycles. The van der Waals surface area contributed by atoms with Gasteiger partial charge < -0.3 is 15.1 Å². The highest BCUT2D eigenvalue weighted by molar-refractivity contribution is 14.0. The van der Waals surface area contributed by atoms with Crippen LogP contribution in [0.3, 0.4) is 0 Å². The van der Waals surface area contributed by atoms with Crippen LogP contribution in [0.4, 0.5) is 5.95 Å². The smallest absolute Gasteiger partial charge is 0.225 e. The van der Waals surface area contributed by atoms with Crippen molar-refractivity contribution < 1.29 is 0 Å². The number of aromatic nitrogens is 2. The number of nitriles is 1. The van der Waals surface area contributed by atoms with E-state index in [1.54, 1.807) is 19.4 Å². The first-order chi connectivity index (χ1) is 12.3. The van der Waals surface area contributed by atoms with Crippen molar-refractivity contribution in [3.63, 3.8) is 0 Å². The molecule has 1 fully saturated rings. The van der Waals surface area contributed by atoms with Gasteiger partial charge in [0.2, 0.25) is 5.95 Å². The van der Waals surface area contributed by atoms with Gasteiger partial charge in [-0.05, 0) is 23.8 Å². The minimum absolute atomic E-state index is 0. The summed E-state index contributed by atoms with van der Waals surface area (Å²) < 4.78 is 0. The second-order valence-electron chi connectivity index (χ2n) is 5.74. The number of hydrogen-bond donors (Lipinski definition) is 1. The maximum Gasteiger partial charge on any atom is 0.225 e. The molecule has 0 aliphatic carbocycles. The van der Waals surface area contributed by atoms with Crippen molar-refractivity contribution in [3.8, 4) is 6.07 Å². The lowest BCUT2D eigenvalue weighted by Crippen LogP contribution is -2.52. The molecule has 0 bridgehead atoms. The molecule has 2 aromatic rings. The monoisotopic (exact) mass is 463 g/mol. The molecule has 0 atom stereocenters. The van der Waals surface area contributed by atoms with Crippen molar-refractivity contribution >= 4 is 35.9 Å². The summed E-state index contributed by atoms with van der Waals surface area (Å²) in [5, 5.41) is 12.4. The average Bonchev–Trinajstić information content (AvgIpc) is 2.70. The zero-order valence-corrected chi connectivity index (χ0v) is 17.0. The molecule has 2 heterocycles. The molecule has 0 spiro atoms. The van der Waals surface area contributed by atoms with Crippen LogP contribution in [0.25, 0.3) is 0 Å². The minimum atomic E-state index is 0. The Morgan fingerprint density at radius 3 is 2.58 bits per heavy atom. The van der Waals surface area contributed by atoms with Crippen LogP contribution in [0.5, 0.6) is 0 Å². The van der Waals surface area contributed by atoms with Crippen LogP contribution in [-0.4, -0.2) is 54.1 Å². The third-order valence-corrected chi connectivity index (χ3v) is 4.13. The third-order valence-electron chi connectivity index (χ3n) is 4.13. The van der Waals surface area contributed by atoms with E-state index in [9.17, 15) is 0 Å². The van der Waals surface area contributed by atoms with Gasteiger partial charge >= 0.3 is 0 Å². The van der Waals surface area contributed by atoms with E-state index < -0.39 is 0 Å². The van der Waals surface area contributed by atoms with Crippen LogP contribution in [0.1, 0.15) is 11.1 Å². The molecule has 1 aliphatic rings. The fourth-order valence-electron chi connectivity index (χ4n) is 2.84. The lowest BCUT2D eigenvalue weighted by molar-refractivity contribution is 0.370. The first-order valence-corrected chi connectivity index (χ1v) is 8.27. The Balaban J connectivity index is 0.00000243. The van der Waals surface area contributed by atoms with Gasteiger partial charge in [-0.2, -0.15) is 5.26 Å². The summed E-state index contributed by atoms with van der Waals surface area (Å²) in [5.41, 5.74) is 1.74. The molecule has 1 aromatic heterocycles. The summed E-state index contributed by atoms with van der Waals surface area (Å²) in [5.74, 6) is 1.65. The maximum absolute atomic E-state index is 8.99. The number of hydrogen-bond acceptors (Lipinski definition) is 5. The molecule has 8 heteroatoms. The normalized spacial score (nSPS) is 14.4. The number of guanidine groups is 1. The summed E-state index contributed by atoms with van der Waals surface area (Å²) in [6.07, 6.45) is 3.54. The van der Waals surface area contributed by atoms with Crippen molar-refractivity contribution in [2.24, 2.45) is 4.99 Å². The zero-order valence-electron chi connectivity index (χ0n) is 14.7. The lowest BCUT2D eigenvalue weighted by atomic mass is 10.1. The highest BCUT2D eigenvalue weighted by atomic mass is 127. The SMILES string of the molecule is CN=C(NCc1cccc(C#N)c1)N1CCN(c2ncccn2)CC1.I. The van der Waals surface area contributed by atoms with Gasteiger partial charge in [0.1, 0.15) is 0 Å². The van der Waals surface area contributed by atoms with Crippen LogP contribution >= 0.6 is 24.0 Å². The Kier molecular flexibility index (Phi) is 7.59. The van der Waals surface area contributed by atoms with Gasteiger partial charge in [-0.1, -0.05) is 12.1 Å². The molecule has 1 N–H and O–H groups in total. The second-order valence-corrected chi connectivity index (χ2v) is 5.74. The van der Waals surface area contributed by atoms with E-state index in [4.69, 9.17) is 5.26 Å². The highest BCUT2D eigenvalue weighted by Crippen LogP contribution is 2.10. The molecule has 0 radical (unpaired) electrons.